The van der Waals surface area contributed by atoms with Crippen molar-refractivity contribution in [2.75, 3.05) is 5.32 Å². The number of benzene rings is 3. The number of halogens is 3. The molecule has 0 unspecified atom stereocenters. The molecule has 1 aromatic heterocycles. The molecule has 3 aromatic carbocycles. The van der Waals surface area contributed by atoms with Gasteiger partial charge in [-0.25, -0.2) is 10.5 Å². The van der Waals surface area contributed by atoms with Gasteiger partial charge < -0.3 is 19.8 Å². The Bertz CT molecular complexity index is 1450. The predicted octanol–water partition coefficient (Wildman–Crippen LogP) is 5.35. The lowest BCUT2D eigenvalue weighted by atomic mass is 9.98. The molecule has 1 aliphatic rings. The molecule has 34 heavy (non-hydrogen) atoms. The fourth-order valence-corrected chi connectivity index (χ4v) is 3.60. The summed E-state index contributed by atoms with van der Waals surface area (Å²) in [6.07, 6.45) is -1.99. The Hall–Kier alpha value is -4.51. The van der Waals surface area contributed by atoms with Gasteiger partial charge in [0.1, 0.15) is 12.5 Å². The van der Waals surface area contributed by atoms with E-state index in [-0.39, 0.29) is 28.2 Å². The average molecular weight is 468 g/mol. The number of carbonyl (C=O) groups excluding carboxylic acids is 1. The predicted molar refractivity (Wildman–Crippen MR) is 116 cm³/mol. The van der Waals surface area contributed by atoms with Gasteiger partial charge in [0.05, 0.1) is 16.6 Å². The van der Waals surface area contributed by atoms with Crippen molar-refractivity contribution < 1.29 is 32.6 Å². The lowest BCUT2D eigenvalue weighted by Gasteiger charge is -2.16. The molecule has 0 saturated carbocycles. The number of carbonyl (C=O) groups is 1. The van der Waals surface area contributed by atoms with E-state index in [9.17, 15) is 18.0 Å². The first-order valence-corrected chi connectivity index (χ1v) is 9.87. The molecule has 5 rings (SSSR count). The number of rotatable bonds is 4. The monoisotopic (exact) mass is 468 g/mol. The van der Waals surface area contributed by atoms with Crippen LogP contribution in [0.4, 0.5) is 24.8 Å². The van der Waals surface area contributed by atoms with Crippen LogP contribution in [-0.2, 0) is 6.18 Å². The summed E-state index contributed by atoms with van der Waals surface area (Å²) < 4.78 is 52.4. The van der Waals surface area contributed by atoms with Gasteiger partial charge >= 0.3 is 6.18 Å². The van der Waals surface area contributed by atoms with Crippen LogP contribution in [0.2, 0.25) is 0 Å². The number of aromatic amines is 1. The maximum absolute atomic E-state index is 13.9. The summed E-state index contributed by atoms with van der Waals surface area (Å²) in [5.74, 6) is 0.158. The first-order valence-electron chi connectivity index (χ1n) is 9.87. The van der Waals surface area contributed by atoms with Crippen molar-refractivity contribution in [3.63, 3.8) is 0 Å². The van der Waals surface area contributed by atoms with E-state index >= 15 is 0 Å². The van der Waals surface area contributed by atoms with Crippen LogP contribution in [0.5, 0.6) is 11.5 Å². The summed E-state index contributed by atoms with van der Waals surface area (Å²) in [6, 6.07) is 13.0. The number of alkyl halides is 3. The van der Waals surface area contributed by atoms with Crippen LogP contribution in [0.25, 0.3) is 22.2 Å². The standard InChI is InChI=1S/C23H15F3N4O4/c24-23(25,26)16-11-18-17(10-15(16)12-4-5-19-20(9-12)34-7-6-33-19)28-22(29-18)27-14-3-1-2-13(8-14)21(31)30-32/h1-11,32H,(H,30,31)(H2,27,28,29). The number of H-pyrrole nitrogens is 1. The number of nitrogens with one attached hydrogen (secondary N) is 3. The number of ether oxygens (including phenoxy) is 2. The van der Waals surface area contributed by atoms with Crippen molar-refractivity contribution in [2.45, 2.75) is 6.18 Å². The number of hydroxylamine groups is 1. The zero-order valence-corrected chi connectivity index (χ0v) is 17.1. The Balaban J connectivity index is 1.55. The molecule has 4 N–H and O–H groups in total. The van der Waals surface area contributed by atoms with Gasteiger partial charge in [-0.05, 0) is 53.6 Å². The van der Waals surface area contributed by atoms with Crippen molar-refractivity contribution in [1.82, 2.24) is 15.4 Å². The minimum atomic E-state index is -4.62. The summed E-state index contributed by atoms with van der Waals surface area (Å²) in [5.41, 5.74) is 2.00. The molecule has 0 atom stereocenters. The Morgan fingerprint density at radius 3 is 2.56 bits per heavy atom. The molecule has 4 aromatic rings. The summed E-state index contributed by atoms with van der Waals surface area (Å²) in [7, 11) is 0. The first-order chi connectivity index (χ1) is 16.3. The number of hydrogen-bond acceptors (Lipinski definition) is 6. The molecule has 1 aliphatic heterocycles. The third-order valence-electron chi connectivity index (χ3n) is 5.12. The summed E-state index contributed by atoms with van der Waals surface area (Å²) >= 11 is 0. The molecule has 0 radical (unpaired) electrons. The third-order valence-corrected chi connectivity index (χ3v) is 5.12. The number of nitrogens with zero attached hydrogens (tertiary/aromatic N) is 1. The van der Waals surface area contributed by atoms with Gasteiger partial charge in [0, 0.05) is 11.3 Å². The fourth-order valence-electron chi connectivity index (χ4n) is 3.60. The smallest absolute Gasteiger partial charge is 0.417 e. The average Bonchev–Trinajstić information content (AvgIpc) is 3.23. The van der Waals surface area contributed by atoms with Gasteiger partial charge in [-0.1, -0.05) is 12.1 Å². The number of fused-ring (bicyclic) bond motifs is 2. The SMILES string of the molecule is O=C(NO)c1cccc(Nc2nc3cc(-c4ccc5c(c4)OC=CO5)c(C(F)(F)F)cc3[nH]2)c1. The Morgan fingerprint density at radius 1 is 1.00 bits per heavy atom. The van der Waals surface area contributed by atoms with E-state index in [2.05, 4.69) is 15.3 Å². The van der Waals surface area contributed by atoms with Crippen molar-refractivity contribution in [3.05, 3.63) is 78.2 Å². The second-order valence-corrected chi connectivity index (χ2v) is 7.31. The maximum atomic E-state index is 13.9. The molecule has 172 valence electrons. The van der Waals surface area contributed by atoms with Crippen molar-refractivity contribution >= 4 is 28.6 Å². The highest BCUT2D eigenvalue weighted by Crippen LogP contribution is 2.42. The van der Waals surface area contributed by atoms with Gasteiger partial charge in [0.2, 0.25) is 5.95 Å². The third kappa shape index (κ3) is 3.99. The van der Waals surface area contributed by atoms with E-state index in [1.807, 2.05) is 0 Å². The lowest BCUT2D eigenvalue weighted by Crippen LogP contribution is -2.18. The molecule has 0 fully saturated rings. The van der Waals surface area contributed by atoms with Crippen LogP contribution in [0.3, 0.4) is 0 Å². The molecule has 0 spiro atoms. The van der Waals surface area contributed by atoms with Crippen LogP contribution in [0.1, 0.15) is 15.9 Å². The maximum Gasteiger partial charge on any atom is 0.417 e. The van der Waals surface area contributed by atoms with Crippen molar-refractivity contribution in [1.29, 1.82) is 0 Å². The second kappa shape index (κ2) is 8.12. The van der Waals surface area contributed by atoms with Gasteiger partial charge in [-0.15, -0.1) is 0 Å². The molecule has 8 nitrogen and oxygen atoms in total. The Labute approximate surface area is 189 Å². The van der Waals surface area contributed by atoms with E-state index in [0.717, 1.165) is 6.07 Å². The van der Waals surface area contributed by atoms with E-state index in [0.29, 0.717) is 22.7 Å². The molecule has 1 amide bonds. The fraction of sp³-hybridized carbons (Fsp3) is 0.0435. The Kier molecular flexibility index (Phi) is 5.10. The van der Waals surface area contributed by atoms with Gasteiger partial charge in [0.25, 0.3) is 5.91 Å². The number of anilines is 2. The number of hydrogen-bond donors (Lipinski definition) is 4. The van der Waals surface area contributed by atoms with E-state index in [4.69, 9.17) is 14.7 Å². The molecule has 0 bridgehead atoms. The van der Waals surface area contributed by atoms with Crippen LogP contribution in [0, 0.1) is 0 Å². The molecular formula is C23H15F3N4O4. The lowest BCUT2D eigenvalue weighted by molar-refractivity contribution is -0.137. The molecule has 2 heterocycles. The van der Waals surface area contributed by atoms with Crippen LogP contribution in [0.15, 0.2) is 67.1 Å². The summed E-state index contributed by atoms with van der Waals surface area (Å²) in [5, 5.41) is 11.7. The Morgan fingerprint density at radius 2 is 1.79 bits per heavy atom. The number of amides is 1. The van der Waals surface area contributed by atoms with Gasteiger partial charge in [0.15, 0.2) is 11.5 Å². The van der Waals surface area contributed by atoms with Crippen LogP contribution in [-0.4, -0.2) is 21.1 Å². The highest BCUT2D eigenvalue weighted by atomic mass is 19.4. The van der Waals surface area contributed by atoms with E-state index < -0.39 is 17.6 Å². The minimum absolute atomic E-state index is 0.0689. The topological polar surface area (TPSA) is 108 Å². The summed E-state index contributed by atoms with van der Waals surface area (Å²) in [4.78, 5) is 18.8. The normalized spacial score (nSPS) is 12.6. The summed E-state index contributed by atoms with van der Waals surface area (Å²) in [6.45, 7) is 0. The number of imidazole rings is 1. The van der Waals surface area contributed by atoms with Gasteiger partial charge in [-0.3, -0.25) is 10.0 Å². The zero-order chi connectivity index (χ0) is 23.9. The minimum Gasteiger partial charge on any atom is -0.458 e. The highest BCUT2D eigenvalue weighted by molar-refractivity contribution is 5.94. The van der Waals surface area contributed by atoms with E-state index in [1.165, 1.54) is 54.4 Å². The quantitative estimate of drug-likeness (QED) is 0.237. The second-order valence-electron chi connectivity index (χ2n) is 7.31. The molecule has 11 heteroatoms. The molecule has 0 aliphatic carbocycles. The first kappa shape index (κ1) is 21.3. The van der Waals surface area contributed by atoms with Gasteiger partial charge in [-0.2, -0.15) is 13.2 Å². The van der Waals surface area contributed by atoms with Crippen LogP contribution < -0.4 is 20.3 Å². The highest BCUT2D eigenvalue weighted by Gasteiger charge is 2.35. The number of aromatic nitrogens is 2. The van der Waals surface area contributed by atoms with E-state index in [1.54, 1.807) is 12.1 Å². The van der Waals surface area contributed by atoms with Crippen molar-refractivity contribution in [3.8, 4) is 22.6 Å². The molecular weight excluding hydrogens is 453 g/mol. The zero-order valence-electron chi connectivity index (χ0n) is 17.1. The largest absolute Gasteiger partial charge is 0.458 e. The van der Waals surface area contributed by atoms with Crippen molar-refractivity contribution in [2.24, 2.45) is 0 Å². The molecule has 0 saturated heterocycles. The van der Waals surface area contributed by atoms with Crippen LogP contribution >= 0.6 is 0 Å².